The van der Waals surface area contributed by atoms with Crippen molar-refractivity contribution in [3.05, 3.63) is 17.7 Å². The first-order chi connectivity index (χ1) is 6.39. The number of aromatic amines is 1. The van der Waals surface area contributed by atoms with Gasteiger partial charge in [0.2, 0.25) is 0 Å². The highest BCUT2D eigenvalue weighted by Crippen LogP contribution is 2.11. The molecule has 1 aromatic heterocycles. The molecule has 0 spiro atoms. The Morgan fingerprint density at radius 1 is 1.57 bits per heavy atom. The molecule has 0 aromatic carbocycles. The summed E-state index contributed by atoms with van der Waals surface area (Å²) in [7, 11) is 0. The van der Waals surface area contributed by atoms with E-state index in [1.165, 1.54) is 0 Å². The molecule has 5 heteroatoms. The van der Waals surface area contributed by atoms with Crippen LogP contribution in [-0.2, 0) is 5.54 Å². The van der Waals surface area contributed by atoms with Gasteiger partial charge < -0.3 is 11.1 Å². The van der Waals surface area contributed by atoms with Crippen LogP contribution in [-0.4, -0.2) is 20.9 Å². The zero-order valence-corrected chi connectivity index (χ0v) is 8.63. The van der Waals surface area contributed by atoms with E-state index in [1.807, 2.05) is 13.8 Å². The van der Waals surface area contributed by atoms with Gasteiger partial charge in [-0.2, -0.15) is 5.10 Å². The van der Waals surface area contributed by atoms with Crippen molar-refractivity contribution in [1.29, 1.82) is 5.41 Å². The van der Waals surface area contributed by atoms with E-state index >= 15 is 0 Å². The number of hydrogen-bond donors (Lipinski definition) is 3. The average molecular weight is 193 g/mol. The number of rotatable bonds is 3. The first-order valence-corrected chi connectivity index (χ1v) is 4.34. The molecule has 4 N–H and O–H groups in total. The standard InChI is InChI=1S/C9H15N5/c1-6(10)4-5-7-12-8(14-13-7)9(2,3)11/h4-5,10H,11H2,1-3H3,(H,12,13,14)/b5-4-,10-6?. The normalized spacial score (nSPS) is 12.3. The number of aromatic nitrogens is 3. The summed E-state index contributed by atoms with van der Waals surface area (Å²) in [5.74, 6) is 1.19. The lowest BCUT2D eigenvalue weighted by Gasteiger charge is -2.13. The summed E-state index contributed by atoms with van der Waals surface area (Å²) in [6, 6.07) is 0. The Kier molecular flexibility index (Phi) is 2.81. The Hall–Kier alpha value is -1.49. The summed E-state index contributed by atoms with van der Waals surface area (Å²) in [5, 5.41) is 13.9. The van der Waals surface area contributed by atoms with Crippen LogP contribution in [0.3, 0.4) is 0 Å². The molecular formula is C9H15N5. The van der Waals surface area contributed by atoms with Crippen LogP contribution < -0.4 is 5.73 Å². The van der Waals surface area contributed by atoms with Gasteiger partial charge in [-0.15, -0.1) is 0 Å². The zero-order chi connectivity index (χ0) is 10.8. The van der Waals surface area contributed by atoms with E-state index in [0.717, 1.165) is 0 Å². The lowest BCUT2D eigenvalue weighted by molar-refractivity contribution is 0.516. The predicted octanol–water partition coefficient (Wildman–Crippen LogP) is 1.05. The molecule has 0 unspecified atom stereocenters. The SMILES string of the molecule is CC(=N)/C=C\c1n[nH]c(C(C)(C)N)n1. The highest BCUT2D eigenvalue weighted by atomic mass is 15.2. The number of hydrogen-bond acceptors (Lipinski definition) is 4. The quantitative estimate of drug-likeness (QED) is 0.626. The summed E-state index contributed by atoms with van der Waals surface area (Å²) >= 11 is 0. The van der Waals surface area contributed by atoms with Crippen LogP contribution in [0, 0.1) is 5.41 Å². The third kappa shape index (κ3) is 2.77. The van der Waals surface area contributed by atoms with Crippen molar-refractivity contribution in [2.75, 3.05) is 0 Å². The zero-order valence-electron chi connectivity index (χ0n) is 8.63. The van der Waals surface area contributed by atoms with E-state index in [2.05, 4.69) is 15.2 Å². The molecule has 1 aromatic rings. The second-order valence-corrected chi connectivity index (χ2v) is 3.78. The van der Waals surface area contributed by atoms with E-state index in [1.54, 1.807) is 19.1 Å². The van der Waals surface area contributed by atoms with Crippen LogP contribution in [0.1, 0.15) is 32.4 Å². The van der Waals surface area contributed by atoms with E-state index in [-0.39, 0.29) is 0 Å². The molecule has 0 atom stereocenters. The molecule has 0 aliphatic rings. The minimum Gasteiger partial charge on any atom is -0.319 e. The van der Waals surface area contributed by atoms with Gasteiger partial charge in [0.05, 0.1) is 5.54 Å². The van der Waals surface area contributed by atoms with Crippen molar-refractivity contribution in [2.45, 2.75) is 26.3 Å². The van der Waals surface area contributed by atoms with Crippen LogP contribution in [0.4, 0.5) is 0 Å². The molecule has 0 saturated heterocycles. The maximum atomic E-state index is 7.20. The van der Waals surface area contributed by atoms with Gasteiger partial charge in [0, 0.05) is 5.71 Å². The van der Waals surface area contributed by atoms with Gasteiger partial charge in [-0.25, -0.2) is 4.98 Å². The summed E-state index contributed by atoms with van der Waals surface area (Å²) in [6.45, 7) is 5.39. The second-order valence-electron chi connectivity index (χ2n) is 3.78. The molecule has 0 saturated carbocycles. The van der Waals surface area contributed by atoms with Crippen molar-refractivity contribution < 1.29 is 0 Å². The van der Waals surface area contributed by atoms with Crippen molar-refractivity contribution >= 4 is 11.8 Å². The highest BCUT2D eigenvalue weighted by Gasteiger charge is 2.18. The maximum Gasteiger partial charge on any atom is 0.174 e. The van der Waals surface area contributed by atoms with Crippen LogP contribution >= 0.6 is 0 Å². The molecule has 1 rings (SSSR count). The van der Waals surface area contributed by atoms with E-state index in [9.17, 15) is 0 Å². The third-order valence-corrected chi connectivity index (χ3v) is 1.60. The van der Waals surface area contributed by atoms with E-state index in [4.69, 9.17) is 11.1 Å². The van der Waals surface area contributed by atoms with Crippen molar-refractivity contribution in [3.63, 3.8) is 0 Å². The smallest absolute Gasteiger partial charge is 0.174 e. The monoisotopic (exact) mass is 193 g/mol. The molecule has 5 nitrogen and oxygen atoms in total. The summed E-state index contributed by atoms with van der Waals surface area (Å²) < 4.78 is 0. The number of H-pyrrole nitrogens is 1. The Bertz CT molecular complexity index is 356. The largest absolute Gasteiger partial charge is 0.319 e. The Balaban J connectivity index is 2.84. The Labute approximate surface area is 82.9 Å². The van der Waals surface area contributed by atoms with Crippen LogP contribution in [0.25, 0.3) is 6.08 Å². The van der Waals surface area contributed by atoms with E-state index in [0.29, 0.717) is 17.4 Å². The summed E-state index contributed by atoms with van der Waals surface area (Å²) in [4.78, 5) is 4.18. The third-order valence-electron chi connectivity index (χ3n) is 1.60. The van der Waals surface area contributed by atoms with Gasteiger partial charge in [-0.3, -0.25) is 5.10 Å². The number of nitrogens with two attached hydrogens (primary N) is 1. The van der Waals surface area contributed by atoms with Gasteiger partial charge in [0.15, 0.2) is 5.82 Å². The highest BCUT2D eigenvalue weighted by molar-refractivity contribution is 5.93. The number of nitrogens with zero attached hydrogens (tertiary/aromatic N) is 2. The fraction of sp³-hybridized carbons (Fsp3) is 0.444. The van der Waals surface area contributed by atoms with E-state index < -0.39 is 5.54 Å². The van der Waals surface area contributed by atoms with Crippen LogP contribution in [0.15, 0.2) is 6.08 Å². The maximum absolute atomic E-state index is 7.20. The average Bonchev–Trinajstić information content (AvgIpc) is 2.47. The van der Waals surface area contributed by atoms with Crippen molar-refractivity contribution in [3.8, 4) is 0 Å². The molecule has 14 heavy (non-hydrogen) atoms. The number of nitrogens with one attached hydrogen (secondary N) is 2. The first kappa shape index (κ1) is 10.6. The van der Waals surface area contributed by atoms with Crippen molar-refractivity contribution in [2.24, 2.45) is 5.73 Å². The lowest BCUT2D eigenvalue weighted by atomic mass is 10.1. The fourth-order valence-electron chi connectivity index (χ4n) is 0.837. The molecule has 1 heterocycles. The summed E-state index contributed by atoms with van der Waals surface area (Å²) in [5.41, 5.74) is 5.77. The topological polar surface area (TPSA) is 91.4 Å². The molecule has 0 bridgehead atoms. The molecule has 0 amide bonds. The number of allylic oxidation sites excluding steroid dienone is 1. The minimum absolute atomic E-state index is 0.461. The van der Waals surface area contributed by atoms with Crippen molar-refractivity contribution in [1.82, 2.24) is 15.2 Å². The van der Waals surface area contributed by atoms with Gasteiger partial charge in [-0.05, 0) is 32.9 Å². The predicted molar refractivity (Wildman–Crippen MR) is 56.0 cm³/mol. The lowest BCUT2D eigenvalue weighted by Crippen LogP contribution is -2.30. The molecule has 0 aliphatic heterocycles. The van der Waals surface area contributed by atoms with Gasteiger partial charge in [0.1, 0.15) is 5.82 Å². The Morgan fingerprint density at radius 2 is 2.21 bits per heavy atom. The fourth-order valence-corrected chi connectivity index (χ4v) is 0.837. The first-order valence-electron chi connectivity index (χ1n) is 4.34. The van der Waals surface area contributed by atoms with Crippen LogP contribution in [0.2, 0.25) is 0 Å². The Morgan fingerprint density at radius 3 is 2.64 bits per heavy atom. The molecule has 76 valence electrons. The minimum atomic E-state index is -0.515. The molecular weight excluding hydrogens is 178 g/mol. The van der Waals surface area contributed by atoms with Crippen LogP contribution in [0.5, 0.6) is 0 Å². The van der Waals surface area contributed by atoms with Gasteiger partial charge in [-0.1, -0.05) is 0 Å². The molecule has 0 fully saturated rings. The molecule has 0 aliphatic carbocycles. The van der Waals surface area contributed by atoms with Gasteiger partial charge in [0.25, 0.3) is 0 Å². The molecule has 0 radical (unpaired) electrons. The summed E-state index contributed by atoms with van der Waals surface area (Å²) in [6.07, 6.45) is 3.31. The van der Waals surface area contributed by atoms with Gasteiger partial charge >= 0.3 is 0 Å². The second kappa shape index (κ2) is 3.71.